The number of piperazine rings is 1. The number of nitrogens with zero attached hydrogens (tertiary/aromatic N) is 4. The molecule has 0 N–H and O–H groups in total. The number of hydrogen-bond acceptors (Lipinski definition) is 6. The molecule has 1 saturated heterocycles. The van der Waals surface area contributed by atoms with Crippen molar-refractivity contribution < 1.29 is 23.8 Å². The van der Waals surface area contributed by atoms with Gasteiger partial charge in [0.1, 0.15) is 0 Å². The molecule has 0 spiro atoms. The van der Waals surface area contributed by atoms with Gasteiger partial charge < -0.3 is 24.0 Å². The van der Waals surface area contributed by atoms with Gasteiger partial charge in [0.05, 0.1) is 21.3 Å². The van der Waals surface area contributed by atoms with E-state index in [1.54, 1.807) is 49.3 Å². The molecule has 2 aliphatic heterocycles. The summed E-state index contributed by atoms with van der Waals surface area (Å²) in [6.07, 6.45) is 6.47. The standard InChI is InChI=1S/C24H30N4O5/c1-31-20-14-17(15-21(32-2)23(20)33-3)7-8-22(29)26-10-12-27(13-11-26)24(30)19-16-18-6-4-5-9-28(18)25-19/h7-8,14-16H,4-6,9-13H2,1-3H3/b8-7+. The van der Waals surface area contributed by atoms with Crippen LogP contribution in [0.15, 0.2) is 24.3 Å². The van der Waals surface area contributed by atoms with Crippen molar-refractivity contribution in [3.8, 4) is 17.2 Å². The molecule has 0 unspecified atom stereocenters. The first-order chi connectivity index (χ1) is 16.0. The first kappa shape index (κ1) is 22.7. The molecule has 33 heavy (non-hydrogen) atoms. The number of aromatic nitrogens is 2. The fourth-order valence-corrected chi connectivity index (χ4v) is 4.28. The highest BCUT2D eigenvalue weighted by atomic mass is 16.5. The Morgan fingerprint density at radius 1 is 0.879 bits per heavy atom. The topological polar surface area (TPSA) is 86.1 Å². The van der Waals surface area contributed by atoms with E-state index in [1.165, 1.54) is 6.08 Å². The summed E-state index contributed by atoms with van der Waals surface area (Å²) in [5.41, 5.74) is 2.40. The first-order valence-corrected chi connectivity index (χ1v) is 11.2. The maximum atomic E-state index is 12.9. The molecule has 0 saturated carbocycles. The van der Waals surface area contributed by atoms with Gasteiger partial charge in [0.15, 0.2) is 17.2 Å². The number of aryl methyl sites for hydroxylation is 2. The second kappa shape index (κ2) is 9.97. The summed E-state index contributed by atoms with van der Waals surface area (Å²) in [5.74, 6) is 1.39. The monoisotopic (exact) mass is 454 g/mol. The maximum absolute atomic E-state index is 12.9. The average molecular weight is 455 g/mol. The fraction of sp³-hybridized carbons (Fsp3) is 0.458. The van der Waals surface area contributed by atoms with E-state index in [0.29, 0.717) is 49.1 Å². The SMILES string of the molecule is COc1cc(/C=C/C(=O)N2CCN(C(=O)c3cc4n(n3)CCCC4)CC2)cc(OC)c1OC. The highest BCUT2D eigenvalue weighted by molar-refractivity contribution is 5.94. The molecule has 0 aliphatic carbocycles. The Labute approximate surface area is 193 Å². The van der Waals surface area contributed by atoms with Crippen LogP contribution in [0.1, 0.15) is 34.6 Å². The number of benzene rings is 1. The van der Waals surface area contributed by atoms with Crippen molar-refractivity contribution in [2.75, 3.05) is 47.5 Å². The van der Waals surface area contributed by atoms with Gasteiger partial charge in [0.2, 0.25) is 11.7 Å². The molecule has 0 atom stereocenters. The van der Waals surface area contributed by atoms with E-state index < -0.39 is 0 Å². The van der Waals surface area contributed by atoms with Crippen molar-refractivity contribution in [3.63, 3.8) is 0 Å². The Morgan fingerprint density at radius 2 is 1.55 bits per heavy atom. The minimum absolute atomic E-state index is 0.0584. The Hall–Kier alpha value is -3.49. The van der Waals surface area contributed by atoms with Crippen LogP contribution < -0.4 is 14.2 Å². The maximum Gasteiger partial charge on any atom is 0.274 e. The summed E-state index contributed by atoms with van der Waals surface area (Å²) in [6.45, 7) is 2.83. The highest BCUT2D eigenvalue weighted by Gasteiger charge is 2.26. The molecule has 9 heteroatoms. The van der Waals surface area contributed by atoms with Crippen molar-refractivity contribution in [3.05, 3.63) is 41.2 Å². The second-order valence-electron chi connectivity index (χ2n) is 8.11. The second-order valence-corrected chi connectivity index (χ2v) is 8.11. The summed E-state index contributed by atoms with van der Waals surface area (Å²) in [6, 6.07) is 5.48. The lowest BCUT2D eigenvalue weighted by molar-refractivity contribution is -0.127. The van der Waals surface area contributed by atoms with Gasteiger partial charge in [0.25, 0.3) is 5.91 Å². The van der Waals surface area contributed by atoms with Crippen molar-refractivity contribution in [2.45, 2.75) is 25.8 Å². The molecule has 3 heterocycles. The molecular formula is C24H30N4O5. The molecule has 1 aromatic carbocycles. The third-order valence-electron chi connectivity index (χ3n) is 6.12. The number of rotatable bonds is 6. The van der Waals surface area contributed by atoms with Crippen LogP contribution in [0.5, 0.6) is 17.2 Å². The quantitative estimate of drug-likeness (QED) is 0.623. The summed E-state index contributed by atoms with van der Waals surface area (Å²) in [5, 5.41) is 4.49. The van der Waals surface area contributed by atoms with Crippen LogP contribution >= 0.6 is 0 Å². The van der Waals surface area contributed by atoms with Crippen LogP contribution in [0.4, 0.5) is 0 Å². The van der Waals surface area contributed by atoms with Gasteiger partial charge in [-0.2, -0.15) is 5.10 Å². The minimum Gasteiger partial charge on any atom is -0.493 e. The Kier molecular flexibility index (Phi) is 6.86. The predicted molar refractivity (Wildman–Crippen MR) is 123 cm³/mol. The van der Waals surface area contributed by atoms with Gasteiger partial charge in [-0.3, -0.25) is 14.3 Å². The summed E-state index contributed by atoms with van der Waals surface area (Å²) < 4.78 is 18.0. The Morgan fingerprint density at radius 3 is 2.15 bits per heavy atom. The third-order valence-corrected chi connectivity index (χ3v) is 6.12. The number of methoxy groups -OCH3 is 3. The largest absolute Gasteiger partial charge is 0.493 e. The van der Waals surface area contributed by atoms with E-state index >= 15 is 0 Å². The van der Waals surface area contributed by atoms with E-state index in [-0.39, 0.29) is 11.8 Å². The zero-order valence-corrected chi connectivity index (χ0v) is 19.4. The van der Waals surface area contributed by atoms with Crippen LogP contribution in [0.3, 0.4) is 0 Å². The minimum atomic E-state index is -0.103. The molecular weight excluding hydrogens is 424 g/mol. The zero-order chi connectivity index (χ0) is 23.4. The lowest BCUT2D eigenvalue weighted by Crippen LogP contribution is -2.50. The number of ether oxygens (including phenoxy) is 3. The van der Waals surface area contributed by atoms with Gasteiger partial charge in [-0.05, 0) is 49.1 Å². The number of amides is 2. The third kappa shape index (κ3) is 4.81. The Bertz CT molecular complexity index is 1000. The van der Waals surface area contributed by atoms with Gasteiger partial charge in [-0.25, -0.2) is 0 Å². The smallest absolute Gasteiger partial charge is 0.274 e. The molecule has 4 rings (SSSR count). The first-order valence-electron chi connectivity index (χ1n) is 11.2. The van der Waals surface area contributed by atoms with Crippen molar-refractivity contribution >= 4 is 17.9 Å². The average Bonchev–Trinajstić information content (AvgIpc) is 3.30. The number of hydrogen-bond donors (Lipinski definition) is 0. The molecule has 1 aromatic heterocycles. The number of carbonyl (C=O) groups excluding carboxylic acids is 2. The van der Waals surface area contributed by atoms with Gasteiger partial charge >= 0.3 is 0 Å². The van der Waals surface area contributed by atoms with E-state index in [0.717, 1.165) is 37.1 Å². The summed E-state index contributed by atoms with van der Waals surface area (Å²) >= 11 is 0. The normalized spacial score (nSPS) is 16.0. The summed E-state index contributed by atoms with van der Waals surface area (Å²) in [7, 11) is 4.65. The number of carbonyl (C=O) groups is 2. The molecule has 2 aliphatic rings. The molecule has 1 fully saturated rings. The lowest BCUT2D eigenvalue weighted by Gasteiger charge is -2.33. The van der Waals surface area contributed by atoms with Crippen LogP contribution in [-0.2, 0) is 17.8 Å². The van der Waals surface area contributed by atoms with E-state index in [2.05, 4.69) is 5.10 Å². The van der Waals surface area contributed by atoms with Crippen molar-refractivity contribution in [2.24, 2.45) is 0 Å². The van der Waals surface area contributed by atoms with Gasteiger partial charge in [-0.15, -0.1) is 0 Å². The predicted octanol–water partition coefficient (Wildman–Crippen LogP) is 2.24. The van der Waals surface area contributed by atoms with Crippen molar-refractivity contribution in [1.29, 1.82) is 0 Å². The molecule has 2 aromatic rings. The Balaban J connectivity index is 1.36. The molecule has 9 nitrogen and oxygen atoms in total. The zero-order valence-electron chi connectivity index (χ0n) is 19.4. The van der Waals surface area contributed by atoms with E-state index in [1.807, 2.05) is 10.7 Å². The molecule has 176 valence electrons. The molecule has 2 amide bonds. The number of fused-ring (bicyclic) bond motifs is 1. The highest BCUT2D eigenvalue weighted by Crippen LogP contribution is 2.38. The van der Waals surface area contributed by atoms with E-state index in [9.17, 15) is 9.59 Å². The molecule has 0 bridgehead atoms. The van der Waals surface area contributed by atoms with Gasteiger partial charge in [-0.1, -0.05) is 0 Å². The van der Waals surface area contributed by atoms with Crippen LogP contribution in [0, 0.1) is 0 Å². The fourth-order valence-electron chi connectivity index (χ4n) is 4.28. The van der Waals surface area contributed by atoms with Crippen molar-refractivity contribution in [1.82, 2.24) is 19.6 Å². The lowest BCUT2D eigenvalue weighted by atomic mass is 10.1. The van der Waals surface area contributed by atoms with E-state index in [4.69, 9.17) is 14.2 Å². The summed E-state index contributed by atoms with van der Waals surface area (Å²) in [4.78, 5) is 29.1. The molecule has 0 radical (unpaired) electrons. The van der Waals surface area contributed by atoms with Crippen LogP contribution in [-0.4, -0.2) is 78.9 Å². The van der Waals surface area contributed by atoms with Crippen LogP contribution in [0.2, 0.25) is 0 Å². The van der Waals surface area contributed by atoms with Crippen LogP contribution in [0.25, 0.3) is 6.08 Å². The van der Waals surface area contributed by atoms with Gasteiger partial charge in [0, 0.05) is 44.5 Å².